The second-order valence-corrected chi connectivity index (χ2v) is 8.74. The van der Waals surface area contributed by atoms with Crippen LogP contribution in [0.5, 0.6) is 0 Å². The Bertz CT molecular complexity index is 302. The third-order valence-corrected chi connectivity index (χ3v) is 5.54. The Morgan fingerprint density at radius 1 is 1.35 bits per heavy atom. The van der Waals surface area contributed by atoms with Gasteiger partial charge in [-0.15, -0.1) is 0 Å². The van der Waals surface area contributed by atoms with Crippen molar-refractivity contribution in [3.8, 4) is 0 Å². The van der Waals surface area contributed by atoms with Crippen LogP contribution in [0, 0.1) is 0 Å². The second-order valence-electron chi connectivity index (χ2n) is 4.80. The van der Waals surface area contributed by atoms with Crippen molar-refractivity contribution in [2.24, 2.45) is 0 Å². The summed E-state index contributed by atoms with van der Waals surface area (Å²) in [5.74, 6) is 3.53. The van der Waals surface area contributed by atoms with E-state index < -0.39 is 0 Å². The van der Waals surface area contributed by atoms with E-state index in [1.807, 2.05) is 23.5 Å². The molecule has 17 heavy (non-hydrogen) atoms. The first-order chi connectivity index (χ1) is 7.94. The molecule has 1 fully saturated rings. The van der Waals surface area contributed by atoms with Gasteiger partial charge in [-0.05, 0) is 0 Å². The Labute approximate surface area is 124 Å². The van der Waals surface area contributed by atoms with E-state index in [0.717, 1.165) is 12.4 Å². The number of hydrogen-bond donors (Lipinski definition) is 1. The van der Waals surface area contributed by atoms with E-state index >= 15 is 0 Å². The van der Waals surface area contributed by atoms with Crippen LogP contribution in [0.2, 0.25) is 0 Å². The molecule has 0 aliphatic carbocycles. The van der Waals surface area contributed by atoms with Gasteiger partial charge in [-0.3, -0.25) is 0 Å². The van der Waals surface area contributed by atoms with Gasteiger partial charge >= 0.3 is 125 Å². The quantitative estimate of drug-likeness (QED) is 0.675. The van der Waals surface area contributed by atoms with E-state index in [-0.39, 0.29) is 5.54 Å². The molecule has 0 amide bonds. The third kappa shape index (κ3) is 5.95. The van der Waals surface area contributed by atoms with Crippen LogP contribution in [-0.4, -0.2) is 27.7 Å². The second kappa shape index (κ2) is 7.37. The van der Waals surface area contributed by atoms with E-state index in [0.29, 0.717) is 0 Å². The average Bonchev–Trinajstić information content (AvgIpc) is 2.24. The van der Waals surface area contributed by atoms with Crippen molar-refractivity contribution in [1.29, 1.82) is 0 Å². The van der Waals surface area contributed by atoms with Crippen LogP contribution in [0.4, 0.5) is 0 Å². The first-order valence-electron chi connectivity index (χ1n) is 5.89. The molecule has 1 aliphatic rings. The zero-order valence-electron chi connectivity index (χ0n) is 11.0. The zero-order chi connectivity index (χ0) is 12.9. The van der Waals surface area contributed by atoms with Crippen molar-refractivity contribution < 1.29 is 24.1 Å². The molecule has 0 spiro atoms. The van der Waals surface area contributed by atoms with Crippen molar-refractivity contribution in [2.75, 3.05) is 18.1 Å². The fourth-order valence-corrected chi connectivity index (χ4v) is 6.06. The van der Waals surface area contributed by atoms with Gasteiger partial charge in [0.1, 0.15) is 0 Å². The summed E-state index contributed by atoms with van der Waals surface area (Å²) >= 11 is 5.31. The molecule has 1 N–H and O–H groups in total. The van der Waals surface area contributed by atoms with Gasteiger partial charge in [0, 0.05) is 0 Å². The summed E-state index contributed by atoms with van der Waals surface area (Å²) in [5, 5.41) is 3.55. The minimum absolute atomic E-state index is 0.101. The summed E-state index contributed by atoms with van der Waals surface area (Å²) in [6.07, 6.45) is 1.30. The number of nitrogens with one attached hydrogen (secondary N) is 1. The van der Waals surface area contributed by atoms with Crippen molar-refractivity contribution in [2.45, 2.75) is 39.7 Å². The minimum atomic E-state index is 0.101. The van der Waals surface area contributed by atoms with Crippen LogP contribution in [0.15, 0.2) is 10.00 Å². The fraction of sp³-hybridized carbons (Fsp3) is 0.750. The molecule has 1 rings (SSSR count). The molecule has 1 heterocycles. The van der Waals surface area contributed by atoms with Gasteiger partial charge in [0.2, 0.25) is 0 Å². The van der Waals surface area contributed by atoms with Crippen molar-refractivity contribution >= 4 is 27.5 Å². The third-order valence-electron chi connectivity index (χ3n) is 1.92. The Hall–Kier alpha value is 0.758. The topological polar surface area (TPSA) is 21.3 Å². The van der Waals surface area contributed by atoms with Crippen LogP contribution < -0.4 is 5.32 Å². The summed E-state index contributed by atoms with van der Waals surface area (Å²) in [6.45, 7) is 9.35. The zero-order valence-corrected chi connectivity index (χ0v) is 15.5. The molecule has 5 heteroatoms. The Balaban J connectivity index is 2.80. The molecule has 1 aliphatic heterocycles. The Morgan fingerprint density at radius 3 is 2.41 bits per heavy atom. The van der Waals surface area contributed by atoms with E-state index in [4.69, 9.17) is 4.74 Å². The molecule has 0 aromatic heterocycles. The molecule has 0 aromatic carbocycles. The summed E-state index contributed by atoms with van der Waals surface area (Å²) in [7, 11) is 0. The Morgan fingerprint density at radius 2 is 1.94 bits per heavy atom. The van der Waals surface area contributed by atoms with Crippen LogP contribution in [0.3, 0.4) is 0 Å². The fourth-order valence-electron chi connectivity index (χ4n) is 1.32. The van der Waals surface area contributed by atoms with Crippen molar-refractivity contribution in [1.82, 2.24) is 5.32 Å². The summed E-state index contributed by atoms with van der Waals surface area (Å²) in [4.78, 5) is 0. The summed E-state index contributed by atoms with van der Waals surface area (Å²) in [5.41, 5.74) is 0.101. The van der Waals surface area contributed by atoms with Gasteiger partial charge < -0.3 is 0 Å². The van der Waals surface area contributed by atoms with Crippen molar-refractivity contribution in [3.05, 3.63) is 10.00 Å². The standard InChI is InChI=1S/C12H21NOS2.W/c1-5-14-10(9-13-12(2,3)4)11-15-7-6-8-16-11;/h13H,5-8H2,1-4H3;. The number of ether oxygens (including phenoxy) is 1. The van der Waals surface area contributed by atoms with Gasteiger partial charge in [0.15, 0.2) is 0 Å². The molecule has 0 aromatic rings. The van der Waals surface area contributed by atoms with E-state index in [1.165, 1.54) is 45.5 Å². The number of hydrogen-bond acceptors (Lipinski definition) is 4. The van der Waals surface area contributed by atoms with Crippen LogP contribution >= 0.6 is 23.5 Å². The first-order valence-corrected chi connectivity index (χ1v) is 9.33. The average molecular weight is 443 g/mol. The summed E-state index contributed by atoms with van der Waals surface area (Å²) < 4.78 is 8.44. The molecule has 0 atom stereocenters. The van der Waals surface area contributed by atoms with Gasteiger partial charge in [-0.2, -0.15) is 0 Å². The molecular formula is C12H21NOS2W. The van der Waals surface area contributed by atoms with Gasteiger partial charge in [-0.25, -0.2) is 0 Å². The normalized spacial score (nSPS) is 16.8. The van der Waals surface area contributed by atoms with E-state index in [9.17, 15) is 0 Å². The maximum absolute atomic E-state index is 5.85. The van der Waals surface area contributed by atoms with E-state index in [2.05, 4.69) is 33.0 Å². The predicted molar refractivity (Wildman–Crippen MR) is 76.1 cm³/mol. The van der Waals surface area contributed by atoms with Gasteiger partial charge in [-0.1, -0.05) is 0 Å². The predicted octanol–water partition coefficient (Wildman–Crippen LogP) is 3.13. The molecule has 0 unspecified atom stereocenters. The maximum atomic E-state index is 5.85. The summed E-state index contributed by atoms with van der Waals surface area (Å²) in [6, 6.07) is 0. The van der Waals surface area contributed by atoms with Gasteiger partial charge in [0.05, 0.1) is 0 Å². The first kappa shape index (κ1) is 15.8. The molecule has 98 valence electrons. The molecule has 0 saturated carbocycles. The van der Waals surface area contributed by atoms with Crippen molar-refractivity contribution in [3.63, 3.8) is 0 Å². The molecule has 0 radical (unpaired) electrons. The van der Waals surface area contributed by atoms with E-state index in [1.54, 1.807) is 0 Å². The SMILES string of the molecule is CCOC([C](=[W])NC(C)(C)C)=C1SCCCS1. The number of thioether (sulfide) groups is 2. The number of rotatable bonds is 4. The molecular weight excluding hydrogens is 422 g/mol. The van der Waals surface area contributed by atoms with Crippen LogP contribution in [-0.2, 0) is 24.1 Å². The van der Waals surface area contributed by atoms with Crippen LogP contribution in [0.25, 0.3) is 0 Å². The Kier molecular flexibility index (Phi) is 6.86. The molecule has 0 bridgehead atoms. The molecule has 1 saturated heterocycles. The monoisotopic (exact) mass is 443 g/mol. The van der Waals surface area contributed by atoms with Gasteiger partial charge in [0.25, 0.3) is 0 Å². The molecule has 2 nitrogen and oxygen atoms in total. The van der Waals surface area contributed by atoms with Crippen LogP contribution in [0.1, 0.15) is 34.1 Å².